The highest BCUT2D eigenvalue weighted by molar-refractivity contribution is 7.89. The molecular formula is C27H28N2O3S. The molecule has 170 valence electrons. The van der Waals surface area contributed by atoms with Crippen LogP contribution in [0.5, 0.6) is 0 Å². The molecular weight excluding hydrogens is 432 g/mol. The Balaban J connectivity index is 1.33. The van der Waals surface area contributed by atoms with E-state index in [0.29, 0.717) is 17.0 Å². The maximum absolute atomic E-state index is 13.1. The molecule has 0 fully saturated rings. The Morgan fingerprint density at radius 1 is 0.879 bits per heavy atom. The van der Waals surface area contributed by atoms with Crippen molar-refractivity contribution in [3.05, 3.63) is 94.0 Å². The van der Waals surface area contributed by atoms with Crippen molar-refractivity contribution in [3.8, 4) is 0 Å². The lowest BCUT2D eigenvalue weighted by molar-refractivity contribution is 0.0989. The molecule has 0 aromatic heterocycles. The minimum absolute atomic E-state index is 0.0273. The van der Waals surface area contributed by atoms with Crippen molar-refractivity contribution in [2.24, 2.45) is 0 Å². The molecule has 1 aliphatic heterocycles. The minimum atomic E-state index is -3.61. The van der Waals surface area contributed by atoms with Crippen LogP contribution >= 0.6 is 0 Å². The summed E-state index contributed by atoms with van der Waals surface area (Å²) in [5.74, 6) is -0.0273. The third-order valence-corrected chi connectivity index (χ3v) is 8.08. The maximum Gasteiger partial charge on any atom is 0.258 e. The number of sulfonamides is 1. The van der Waals surface area contributed by atoms with Crippen molar-refractivity contribution in [3.63, 3.8) is 0 Å². The van der Waals surface area contributed by atoms with E-state index >= 15 is 0 Å². The number of anilines is 1. The van der Waals surface area contributed by atoms with Crippen LogP contribution in [0.15, 0.2) is 65.6 Å². The van der Waals surface area contributed by atoms with Gasteiger partial charge in [0.2, 0.25) is 10.0 Å². The van der Waals surface area contributed by atoms with Crippen LogP contribution in [0.2, 0.25) is 0 Å². The molecule has 0 saturated carbocycles. The first-order chi connectivity index (χ1) is 15.9. The van der Waals surface area contributed by atoms with Gasteiger partial charge in [-0.2, -0.15) is 0 Å². The van der Waals surface area contributed by atoms with Crippen LogP contribution in [0.1, 0.15) is 51.0 Å². The van der Waals surface area contributed by atoms with E-state index in [1.54, 1.807) is 11.0 Å². The van der Waals surface area contributed by atoms with Gasteiger partial charge in [0.05, 0.1) is 4.90 Å². The van der Waals surface area contributed by atoms with Gasteiger partial charge in [-0.15, -0.1) is 0 Å². The molecule has 0 spiro atoms. The predicted octanol–water partition coefficient (Wildman–Crippen LogP) is 4.56. The quantitative estimate of drug-likeness (QED) is 0.607. The van der Waals surface area contributed by atoms with Gasteiger partial charge >= 0.3 is 0 Å². The van der Waals surface area contributed by atoms with E-state index < -0.39 is 10.0 Å². The molecule has 3 aromatic carbocycles. The molecule has 1 aliphatic carbocycles. The van der Waals surface area contributed by atoms with Crippen molar-refractivity contribution in [2.45, 2.75) is 50.5 Å². The van der Waals surface area contributed by atoms with E-state index in [4.69, 9.17) is 0 Å². The lowest BCUT2D eigenvalue weighted by atomic mass is 9.92. The molecule has 1 amide bonds. The van der Waals surface area contributed by atoms with Crippen LogP contribution in [-0.2, 0) is 35.8 Å². The molecule has 3 aromatic rings. The molecule has 2 aliphatic rings. The van der Waals surface area contributed by atoms with Crippen LogP contribution in [0.25, 0.3) is 0 Å². The maximum atomic E-state index is 13.1. The van der Waals surface area contributed by atoms with E-state index in [2.05, 4.69) is 4.72 Å². The van der Waals surface area contributed by atoms with E-state index in [1.165, 1.54) is 12.0 Å². The van der Waals surface area contributed by atoms with Crippen LogP contribution in [0.4, 0.5) is 5.69 Å². The molecule has 0 bridgehead atoms. The number of hydrogen-bond acceptors (Lipinski definition) is 3. The van der Waals surface area contributed by atoms with Crippen molar-refractivity contribution in [1.29, 1.82) is 0 Å². The molecule has 0 atom stereocenters. The molecule has 1 N–H and O–H groups in total. The average molecular weight is 461 g/mol. The number of aryl methyl sites for hydroxylation is 3. The number of carbonyl (C=O) groups is 1. The van der Waals surface area contributed by atoms with E-state index in [-0.39, 0.29) is 12.5 Å². The fourth-order valence-electron chi connectivity index (χ4n) is 4.74. The lowest BCUT2D eigenvalue weighted by Gasteiger charge is -2.19. The fourth-order valence-corrected chi connectivity index (χ4v) is 5.80. The van der Waals surface area contributed by atoms with Crippen molar-refractivity contribution >= 4 is 21.6 Å². The van der Waals surface area contributed by atoms with Crippen LogP contribution in [0.3, 0.4) is 0 Å². The second-order valence-electron chi connectivity index (χ2n) is 9.00. The molecule has 5 rings (SSSR count). The zero-order valence-corrected chi connectivity index (χ0v) is 19.6. The summed E-state index contributed by atoms with van der Waals surface area (Å²) in [6.45, 7) is 2.81. The van der Waals surface area contributed by atoms with Crippen molar-refractivity contribution in [2.75, 3.05) is 11.4 Å². The number of carbonyl (C=O) groups excluding carboxylic acids is 1. The Morgan fingerprint density at radius 3 is 2.39 bits per heavy atom. The third-order valence-electron chi connectivity index (χ3n) is 6.69. The molecule has 1 heterocycles. The van der Waals surface area contributed by atoms with Gasteiger partial charge in [-0.25, -0.2) is 13.1 Å². The minimum Gasteiger partial charge on any atom is -0.308 e. The van der Waals surface area contributed by atoms with Gasteiger partial charge < -0.3 is 4.90 Å². The summed E-state index contributed by atoms with van der Waals surface area (Å²) >= 11 is 0. The number of fused-ring (bicyclic) bond motifs is 2. The highest BCUT2D eigenvalue weighted by atomic mass is 32.2. The van der Waals surface area contributed by atoms with E-state index in [1.807, 2.05) is 61.5 Å². The highest BCUT2D eigenvalue weighted by Crippen LogP contribution is 2.31. The molecule has 0 radical (unpaired) electrons. The Labute approximate surface area is 195 Å². The molecule has 0 unspecified atom stereocenters. The van der Waals surface area contributed by atoms with Crippen molar-refractivity contribution < 1.29 is 13.2 Å². The smallest absolute Gasteiger partial charge is 0.258 e. The first-order valence-corrected chi connectivity index (χ1v) is 13.0. The molecule has 6 heteroatoms. The Morgan fingerprint density at radius 2 is 1.61 bits per heavy atom. The molecule has 5 nitrogen and oxygen atoms in total. The number of rotatable bonds is 5. The number of amides is 1. The summed E-state index contributed by atoms with van der Waals surface area (Å²) in [5, 5.41) is 0. The first kappa shape index (κ1) is 21.9. The van der Waals surface area contributed by atoms with Gasteiger partial charge in [0.15, 0.2) is 0 Å². The zero-order valence-electron chi connectivity index (χ0n) is 18.8. The van der Waals surface area contributed by atoms with Gasteiger partial charge in [-0.05, 0) is 91.6 Å². The second kappa shape index (κ2) is 8.76. The number of benzene rings is 3. The van der Waals surface area contributed by atoms with Crippen LogP contribution < -0.4 is 9.62 Å². The van der Waals surface area contributed by atoms with E-state index in [0.717, 1.165) is 53.6 Å². The lowest BCUT2D eigenvalue weighted by Crippen LogP contribution is -2.29. The van der Waals surface area contributed by atoms with Gasteiger partial charge in [0.25, 0.3) is 5.91 Å². The monoisotopic (exact) mass is 460 g/mol. The number of hydrogen-bond donors (Lipinski definition) is 1. The van der Waals surface area contributed by atoms with Gasteiger partial charge in [0, 0.05) is 24.3 Å². The summed E-state index contributed by atoms with van der Waals surface area (Å²) in [6.07, 6.45) is 5.04. The normalized spacial score (nSPS) is 15.2. The Kier molecular flexibility index (Phi) is 5.81. The van der Waals surface area contributed by atoms with Crippen LogP contribution in [-0.4, -0.2) is 20.9 Å². The summed E-state index contributed by atoms with van der Waals surface area (Å²) in [7, 11) is -3.61. The SMILES string of the molecule is Cc1ccc(C(=O)N2CCc3ccc(CNS(=O)(=O)c4ccc5c(c4)CCCC5)cc32)cc1. The highest BCUT2D eigenvalue weighted by Gasteiger charge is 2.26. The Bertz CT molecular complexity index is 1310. The topological polar surface area (TPSA) is 66.5 Å². The fraction of sp³-hybridized carbons (Fsp3) is 0.296. The first-order valence-electron chi connectivity index (χ1n) is 11.5. The predicted molar refractivity (Wildman–Crippen MR) is 130 cm³/mol. The van der Waals surface area contributed by atoms with Gasteiger partial charge in [-0.3, -0.25) is 4.79 Å². The average Bonchev–Trinajstić information content (AvgIpc) is 3.26. The summed E-state index contributed by atoms with van der Waals surface area (Å²) < 4.78 is 28.6. The zero-order chi connectivity index (χ0) is 23.0. The van der Waals surface area contributed by atoms with E-state index in [9.17, 15) is 13.2 Å². The summed E-state index contributed by atoms with van der Waals surface area (Å²) in [4.78, 5) is 15.2. The largest absolute Gasteiger partial charge is 0.308 e. The van der Waals surface area contributed by atoms with Crippen LogP contribution in [0, 0.1) is 6.92 Å². The molecule has 0 saturated heterocycles. The van der Waals surface area contributed by atoms with Gasteiger partial charge in [0.1, 0.15) is 0 Å². The van der Waals surface area contributed by atoms with Crippen molar-refractivity contribution in [1.82, 2.24) is 4.72 Å². The standard InChI is InChI=1S/C27H28N2O3S/c1-19-6-9-23(10-7-19)27(30)29-15-14-22-11-8-20(16-26(22)29)18-28-33(31,32)25-13-12-21-4-2-3-5-24(21)17-25/h6-13,16-17,28H,2-5,14-15,18H2,1H3. The Hall–Kier alpha value is -2.96. The summed E-state index contributed by atoms with van der Waals surface area (Å²) in [5.41, 5.74) is 6.99. The second-order valence-corrected chi connectivity index (χ2v) is 10.8. The van der Waals surface area contributed by atoms with Gasteiger partial charge in [-0.1, -0.05) is 35.9 Å². The third kappa shape index (κ3) is 4.45. The number of nitrogens with zero attached hydrogens (tertiary/aromatic N) is 1. The number of nitrogens with one attached hydrogen (secondary N) is 1. The summed E-state index contributed by atoms with van der Waals surface area (Å²) in [6, 6.07) is 18.9. The molecule has 33 heavy (non-hydrogen) atoms.